The van der Waals surface area contributed by atoms with Gasteiger partial charge in [-0.1, -0.05) is 12.1 Å². The first-order valence-electron chi connectivity index (χ1n) is 19.0. The Morgan fingerprint density at radius 3 is 1.82 bits per heavy atom. The maximum atomic E-state index is 13.5. The maximum absolute atomic E-state index is 13.5. The molecule has 13 rings (SSSR count). The summed E-state index contributed by atoms with van der Waals surface area (Å²) in [6.07, 6.45) is 8.04. The lowest BCUT2D eigenvalue weighted by Gasteiger charge is -2.63. The molecule has 9 heteroatoms. The summed E-state index contributed by atoms with van der Waals surface area (Å²) in [6.45, 7) is 3.84. The van der Waals surface area contributed by atoms with Crippen LogP contribution in [0.15, 0.2) is 24.3 Å². The van der Waals surface area contributed by atoms with E-state index in [1.807, 2.05) is 0 Å². The molecule has 2 spiro atoms. The van der Waals surface area contributed by atoms with Crippen molar-refractivity contribution in [1.82, 2.24) is 14.8 Å². The van der Waals surface area contributed by atoms with Crippen LogP contribution in [0, 0.1) is 11.8 Å². The highest BCUT2D eigenvalue weighted by Crippen LogP contribution is 2.73. The number of piperidine rings is 2. The largest absolute Gasteiger partial charge is 0.504 e. The maximum Gasteiger partial charge on any atom is 0.166 e. The molecule has 6 unspecified atom stereocenters. The molecule has 254 valence electrons. The van der Waals surface area contributed by atoms with Crippen molar-refractivity contribution in [3.63, 3.8) is 0 Å². The first kappa shape index (κ1) is 27.5. The van der Waals surface area contributed by atoms with Gasteiger partial charge in [0, 0.05) is 60.4 Å². The van der Waals surface area contributed by atoms with E-state index in [4.69, 9.17) is 9.47 Å². The average Bonchev–Trinajstić information content (AvgIpc) is 3.97. The highest BCUT2D eigenvalue weighted by atomic mass is 16.5. The summed E-state index contributed by atoms with van der Waals surface area (Å²) < 4.78 is 13.9. The number of H-pyrrole nitrogens is 1. The molecule has 49 heavy (non-hydrogen) atoms. The van der Waals surface area contributed by atoms with Crippen LogP contribution in [0.4, 0.5) is 0 Å². The molecule has 5 heterocycles. The first-order chi connectivity index (χ1) is 23.7. The third-order valence-electron chi connectivity index (χ3n) is 15.7. The number of phenols is 2. The SMILES string of the molecule is Oc1ccc2c3c1OC1c4c([nH]c5c4CC4(O)C6Cc7ccc(O)c8c7[C@@]4(CCN6CC4CC4)C5O8)CC4(O)[C@@H](C2)N(CC2CC2)CCC314. The highest BCUT2D eigenvalue weighted by Gasteiger charge is 2.76. The molecule has 0 amide bonds. The number of nitrogens with one attached hydrogen (secondary N) is 1. The molecule has 4 bridgehead atoms. The molecular formula is C40H43N3O6. The predicted octanol–water partition coefficient (Wildman–Crippen LogP) is 3.82. The molecule has 9 nitrogen and oxygen atoms in total. The van der Waals surface area contributed by atoms with E-state index in [-0.39, 0.29) is 23.6 Å². The van der Waals surface area contributed by atoms with Crippen molar-refractivity contribution in [1.29, 1.82) is 0 Å². The fourth-order valence-electron chi connectivity index (χ4n) is 13.4. The number of aromatic amines is 1. The lowest BCUT2D eigenvalue weighted by atomic mass is 9.47. The Morgan fingerprint density at radius 1 is 0.714 bits per heavy atom. The molecule has 2 aromatic carbocycles. The van der Waals surface area contributed by atoms with Crippen molar-refractivity contribution < 1.29 is 29.9 Å². The summed E-state index contributed by atoms with van der Waals surface area (Å²) in [5.74, 6) is 2.77. The molecule has 2 saturated heterocycles. The van der Waals surface area contributed by atoms with Gasteiger partial charge in [-0.3, -0.25) is 9.80 Å². The number of hydrogen-bond acceptors (Lipinski definition) is 8. The number of benzene rings is 2. The molecule has 6 aliphatic carbocycles. The van der Waals surface area contributed by atoms with Crippen LogP contribution in [0.25, 0.3) is 0 Å². The number of ether oxygens (including phenoxy) is 2. The molecule has 10 aliphatic rings. The van der Waals surface area contributed by atoms with Crippen molar-refractivity contribution in [2.75, 3.05) is 26.2 Å². The molecule has 4 fully saturated rings. The Labute approximate surface area is 284 Å². The predicted molar refractivity (Wildman–Crippen MR) is 177 cm³/mol. The minimum absolute atomic E-state index is 0.0449. The fourth-order valence-corrected chi connectivity index (χ4v) is 13.4. The van der Waals surface area contributed by atoms with E-state index < -0.39 is 34.2 Å². The van der Waals surface area contributed by atoms with Gasteiger partial charge in [-0.25, -0.2) is 0 Å². The molecule has 0 radical (unpaired) electrons. The van der Waals surface area contributed by atoms with Gasteiger partial charge in [0.2, 0.25) is 0 Å². The van der Waals surface area contributed by atoms with E-state index in [2.05, 4.69) is 26.9 Å². The van der Waals surface area contributed by atoms with Crippen LogP contribution in [-0.4, -0.2) is 84.7 Å². The number of fused-ring (bicyclic) bond motifs is 5. The van der Waals surface area contributed by atoms with E-state index in [1.54, 1.807) is 12.1 Å². The standard InChI is InChI=1S/C40H43N3O6/c44-25-7-5-21-14-28-40(47)16-24-29(35-37(40,30(21)33(25)48-35)9-11-43(28)18-20-3-4-20)23-15-39(46)27-13-22-6-8-26(45)34-31(22)38(39,36(49-34)32(23)41-24)10-12-42(27)17-19-1-2-19/h5-8,19-20,27-28,35-36,41,44-47H,1-4,9-18H2/t27?,28-,35?,36?,37?,38+,39?,40?/m1/s1. The van der Waals surface area contributed by atoms with E-state index in [0.717, 1.165) is 85.5 Å². The summed E-state index contributed by atoms with van der Waals surface area (Å²) in [5, 5.41) is 49.4. The number of phenolic OH excluding ortho intramolecular Hbond substituents is 2. The van der Waals surface area contributed by atoms with Gasteiger partial charge in [0.05, 0.1) is 27.7 Å². The smallest absolute Gasteiger partial charge is 0.166 e. The monoisotopic (exact) mass is 661 g/mol. The zero-order valence-corrected chi connectivity index (χ0v) is 27.7. The van der Waals surface area contributed by atoms with Gasteiger partial charge < -0.3 is 34.9 Å². The Morgan fingerprint density at radius 2 is 1.24 bits per heavy atom. The third kappa shape index (κ3) is 2.87. The van der Waals surface area contributed by atoms with Crippen LogP contribution in [0.3, 0.4) is 0 Å². The van der Waals surface area contributed by atoms with Crippen molar-refractivity contribution >= 4 is 0 Å². The summed E-state index contributed by atoms with van der Waals surface area (Å²) >= 11 is 0. The van der Waals surface area contributed by atoms with Crippen molar-refractivity contribution in [2.45, 2.75) is 111 Å². The van der Waals surface area contributed by atoms with E-state index in [0.29, 0.717) is 36.2 Å². The molecule has 1 aromatic heterocycles. The lowest BCUT2D eigenvalue weighted by molar-refractivity contribution is -0.176. The van der Waals surface area contributed by atoms with Gasteiger partial charge >= 0.3 is 0 Å². The normalized spacial score (nSPS) is 41.3. The fraction of sp³-hybridized carbons (Fsp3) is 0.600. The van der Waals surface area contributed by atoms with Gasteiger partial charge in [0.15, 0.2) is 29.1 Å². The quantitative estimate of drug-likeness (QED) is 0.286. The molecular weight excluding hydrogens is 618 g/mol. The highest BCUT2D eigenvalue weighted by molar-refractivity contribution is 5.69. The van der Waals surface area contributed by atoms with Crippen molar-refractivity contribution in [3.05, 3.63) is 69.0 Å². The Bertz CT molecular complexity index is 2050. The minimum atomic E-state index is -1.10. The van der Waals surface area contributed by atoms with Crippen LogP contribution >= 0.6 is 0 Å². The molecule has 2 saturated carbocycles. The average molecular weight is 662 g/mol. The minimum Gasteiger partial charge on any atom is -0.504 e. The Kier molecular flexibility index (Phi) is 4.64. The second kappa shape index (κ2) is 8.28. The zero-order chi connectivity index (χ0) is 32.4. The van der Waals surface area contributed by atoms with Gasteiger partial charge in [-0.2, -0.15) is 0 Å². The van der Waals surface area contributed by atoms with E-state index in [1.165, 1.54) is 36.8 Å². The number of hydrogen-bond donors (Lipinski definition) is 5. The summed E-state index contributed by atoms with van der Waals surface area (Å²) in [7, 11) is 0. The lowest BCUT2D eigenvalue weighted by Crippen LogP contribution is -2.75. The first-order valence-corrected chi connectivity index (χ1v) is 19.0. The van der Waals surface area contributed by atoms with E-state index in [9.17, 15) is 20.4 Å². The van der Waals surface area contributed by atoms with Gasteiger partial charge in [-0.15, -0.1) is 0 Å². The van der Waals surface area contributed by atoms with Crippen LogP contribution in [-0.2, 0) is 36.5 Å². The second-order valence-corrected chi connectivity index (χ2v) is 17.8. The van der Waals surface area contributed by atoms with Crippen LogP contribution in [0.1, 0.15) is 95.5 Å². The van der Waals surface area contributed by atoms with Crippen LogP contribution in [0.5, 0.6) is 23.0 Å². The van der Waals surface area contributed by atoms with Gasteiger partial charge in [-0.05, 0) is 105 Å². The zero-order valence-electron chi connectivity index (χ0n) is 27.7. The van der Waals surface area contributed by atoms with Crippen LogP contribution in [0.2, 0.25) is 0 Å². The Hall–Kier alpha value is -3.24. The van der Waals surface area contributed by atoms with Gasteiger partial charge in [0.1, 0.15) is 6.10 Å². The number of rotatable bonds is 4. The second-order valence-electron chi connectivity index (χ2n) is 17.8. The number of nitrogens with zero attached hydrogens (tertiary/aromatic N) is 2. The number of aliphatic hydroxyl groups is 2. The number of aromatic nitrogens is 1. The van der Waals surface area contributed by atoms with Gasteiger partial charge in [0.25, 0.3) is 0 Å². The number of likely N-dealkylation sites (tertiary alicyclic amines) is 2. The summed E-state index contributed by atoms with van der Waals surface area (Å²) in [4.78, 5) is 9.02. The molecule has 8 atom stereocenters. The van der Waals surface area contributed by atoms with E-state index >= 15 is 0 Å². The third-order valence-corrected chi connectivity index (χ3v) is 15.7. The summed E-state index contributed by atoms with van der Waals surface area (Å²) in [6, 6.07) is 7.57. The van der Waals surface area contributed by atoms with Crippen molar-refractivity contribution in [2.24, 2.45) is 11.8 Å². The molecule has 4 aliphatic heterocycles. The number of aromatic hydroxyl groups is 2. The molecule has 5 N–H and O–H groups in total. The van der Waals surface area contributed by atoms with Crippen molar-refractivity contribution in [3.8, 4) is 23.0 Å². The Balaban J connectivity index is 1.03. The summed E-state index contributed by atoms with van der Waals surface area (Å²) in [5.41, 5.74) is 4.91. The molecule has 3 aromatic rings. The topological polar surface area (TPSA) is 122 Å². The van der Waals surface area contributed by atoms with Crippen LogP contribution < -0.4 is 9.47 Å².